The molecule has 0 aliphatic carbocycles. The molecule has 1 aromatic heterocycles. The van der Waals surface area contributed by atoms with Gasteiger partial charge in [-0.3, -0.25) is 4.79 Å². The second-order valence-electron chi connectivity index (χ2n) is 4.04. The molecule has 18 heavy (non-hydrogen) atoms. The lowest BCUT2D eigenvalue weighted by molar-refractivity contribution is -0.118. The number of nitrogen functional groups attached to an aromatic ring is 1. The molecule has 0 unspecified atom stereocenters. The molecule has 98 valence electrons. The average Bonchev–Trinajstić information content (AvgIpc) is 2.89. The second-order valence-corrected chi connectivity index (χ2v) is 4.04. The highest BCUT2D eigenvalue weighted by molar-refractivity contribution is 5.79. The van der Waals surface area contributed by atoms with Gasteiger partial charge in [-0.05, 0) is 12.8 Å². The minimum atomic E-state index is -0.142. The fourth-order valence-electron chi connectivity index (χ4n) is 1.77. The van der Waals surface area contributed by atoms with Crippen molar-refractivity contribution in [3.63, 3.8) is 0 Å². The Morgan fingerprint density at radius 3 is 2.72 bits per heavy atom. The summed E-state index contributed by atoms with van der Waals surface area (Å²) in [6, 6.07) is 0. The fourth-order valence-corrected chi connectivity index (χ4v) is 1.77. The van der Waals surface area contributed by atoms with E-state index < -0.39 is 0 Å². The van der Waals surface area contributed by atoms with Gasteiger partial charge in [-0.15, -0.1) is 0 Å². The lowest BCUT2D eigenvalue weighted by Crippen LogP contribution is -2.27. The SMILES string of the molecule is CNC(=O)CNc1nc(N)nc(N2CCCC2)n1. The van der Waals surface area contributed by atoms with Crippen molar-refractivity contribution in [1.29, 1.82) is 0 Å². The number of nitrogens with one attached hydrogen (secondary N) is 2. The lowest BCUT2D eigenvalue weighted by atomic mass is 10.4. The van der Waals surface area contributed by atoms with E-state index in [1.54, 1.807) is 7.05 Å². The summed E-state index contributed by atoms with van der Waals surface area (Å²) in [4.78, 5) is 25.5. The molecule has 2 rings (SSSR count). The topological polar surface area (TPSA) is 109 Å². The van der Waals surface area contributed by atoms with Crippen LogP contribution in [-0.2, 0) is 4.79 Å². The first-order valence-electron chi connectivity index (χ1n) is 5.90. The minimum absolute atomic E-state index is 0.111. The first-order chi connectivity index (χ1) is 8.69. The number of amides is 1. The molecule has 1 aromatic rings. The van der Waals surface area contributed by atoms with Crippen LogP contribution in [0.1, 0.15) is 12.8 Å². The molecular weight excluding hydrogens is 234 g/mol. The number of likely N-dealkylation sites (N-methyl/N-ethyl adjacent to an activating group) is 1. The van der Waals surface area contributed by atoms with Gasteiger partial charge >= 0.3 is 0 Å². The normalized spacial score (nSPS) is 14.6. The lowest BCUT2D eigenvalue weighted by Gasteiger charge is -2.15. The number of carbonyl (C=O) groups is 1. The van der Waals surface area contributed by atoms with Crippen LogP contribution in [0.2, 0.25) is 0 Å². The van der Waals surface area contributed by atoms with Gasteiger partial charge in [0.25, 0.3) is 0 Å². The summed E-state index contributed by atoms with van der Waals surface area (Å²) >= 11 is 0. The van der Waals surface area contributed by atoms with Crippen molar-refractivity contribution in [1.82, 2.24) is 20.3 Å². The van der Waals surface area contributed by atoms with E-state index in [4.69, 9.17) is 5.73 Å². The molecular formula is C10H17N7O. The van der Waals surface area contributed by atoms with E-state index in [1.165, 1.54) is 0 Å². The number of carbonyl (C=O) groups excluding carboxylic acids is 1. The highest BCUT2D eigenvalue weighted by Crippen LogP contribution is 2.17. The van der Waals surface area contributed by atoms with E-state index in [0.717, 1.165) is 25.9 Å². The van der Waals surface area contributed by atoms with Crippen LogP contribution in [-0.4, -0.2) is 47.5 Å². The molecule has 0 bridgehead atoms. The molecule has 0 spiro atoms. The van der Waals surface area contributed by atoms with Crippen LogP contribution in [0.15, 0.2) is 0 Å². The maximum absolute atomic E-state index is 11.1. The first kappa shape index (κ1) is 12.3. The van der Waals surface area contributed by atoms with Crippen LogP contribution in [0.5, 0.6) is 0 Å². The van der Waals surface area contributed by atoms with Crippen molar-refractivity contribution >= 4 is 23.8 Å². The van der Waals surface area contributed by atoms with Crippen LogP contribution in [0.25, 0.3) is 0 Å². The number of rotatable bonds is 4. The summed E-state index contributed by atoms with van der Waals surface area (Å²) in [7, 11) is 1.57. The van der Waals surface area contributed by atoms with E-state index in [0.29, 0.717) is 11.9 Å². The first-order valence-corrected chi connectivity index (χ1v) is 5.90. The number of hydrogen-bond acceptors (Lipinski definition) is 7. The Balaban J connectivity index is 2.08. The van der Waals surface area contributed by atoms with Crippen molar-refractivity contribution in [3.8, 4) is 0 Å². The minimum Gasteiger partial charge on any atom is -0.368 e. The fraction of sp³-hybridized carbons (Fsp3) is 0.600. The summed E-state index contributed by atoms with van der Waals surface area (Å²) in [6.45, 7) is 1.97. The van der Waals surface area contributed by atoms with Gasteiger partial charge in [0.2, 0.25) is 23.8 Å². The summed E-state index contributed by atoms with van der Waals surface area (Å²) < 4.78 is 0. The molecule has 1 saturated heterocycles. The predicted molar refractivity (Wildman–Crippen MR) is 68.2 cm³/mol. The third-order valence-electron chi connectivity index (χ3n) is 2.72. The number of aromatic nitrogens is 3. The second kappa shape index (κ2) is 5.48. The Morgan fingerprint density at radius 2 is 2.06 bits per heavy atom. The van der Waals surface area contributed by atoms with Crippen molar-refractivity contribution in [3.05, 3.63) is 0 Å². The zero-order valence-corrected chi connectivity index (χ0v) is 10.3. The number of anilines is 3. The zero-order chi connectivity index (χ0) is 13.0. The van der Waals surface area contributed by atoms with Crippen molar-refractivity contribution in [2.24, 2.45) is 0 Å². The molecule has 8 nitrogen and oxygen atoms in total. The number of nitrogens with two attached hydrogens (primary N) is 1. The molecule has 1 amide bonds. The monoisotopic (exact) mass is 251 g/mol. The van der Waals surface area contributed by atoms with Crippen LogP contribution in [0.4, 0.5) is 17.8 Å². The standard InChI is InChI=1S/C10H17N7O/c1-12-7(18)6-13-9-14-8(11)15-10(16-9)17-4-2-3-5-17/h2-6H2,1H3,(H,12,18)(H3,11,13,14,15,16). The summed E-state index contributed by atoms with van der Waals surface area (Å²) in [5, 5.41) is 5.32. The van der Waals surface area contributed by atoms with Crippen LogP contribution < -0.4 is 21.3 Å². The van der Waals surface area contributed by atoms with Gasteiger partial charge in [-0.25, -0.2) is 0 Å². The number of nitrogens with zero attached hydrogens (tertiary/aromatic N) is 4. The molecule has 0 aromatic carbocycles. The average molecular weight is 251 g/mol. The van der Waals surface area contributed by atoms with Gasteiger partial charge in [0.05, 0.1) is 6.54 Å². The Hall–Kier alpha value is -2.12. The molecule has 2 heterocycles. The largest absolute Gasteiger partial charge is 0.368 e. The third-order valence-corrected chi connectivity index (χ3v) is 2.72. The Morgan fingerprint density at radius 1 is 1.33 bits per heavy atom. The van der Waals surface area contributed by atoms with Gasteiger partial charge in [0, 0.05) is 20.1 Å². The van der Waals surface area contributed by atoms with Crippen LogP contribution in [0, 0.1) is 0 Å². The smallest absolute Gasteiger partial charge is 0.239 e. The van der Waals surface area contributed by atoms with E-state index in [-0.39, 0.29) is 18.4 Å². The van der Waals surface area contributed by atoms with Crippen LogP contribution >= 0.6 is 0 Å². The van der Waals surface area contributed by atoms with E-state index in [2.05, 4.69) is 30.5 Å². The Kier molecular flexibility index (Phi) is 3.75. The molecule has 8 heteroatoms. The van der Waals surface area contributed by atoms with Gasteiger partial charge in [-0.2, -0.15) is 15.0 Å². The van der Waals surface area contributed by atoms with E-state index in [9.17, 15) is 4.79 Å². The molecule has 0 atom stereocenters. The molecule has 1 fully saturated rings. The zero-order valence-electron chi connectivity index (χ0n) is 10.3. The van der Waals surface area contributed by atoms with Gasteiger partial charge in [0.15, 0.2) is 0 Å². The molecule has 0 saturated carbocycles. The van der Waals surface area contributed by atoms with Crippen molar-refractivity contribution < 1.29 is 4.79 Å². The van der Waals surface area contributed by atoms with Gasteiger partial charge < -0.3 is 21.3 Å². The summed E-state index contributed by atoms with van der Waals surface area (Å²) in [5.74, 6) is 0.912. The molecule has 4 N–H and O–H groups in total. The number of hydrogen-bond donors (Lipinski definition) is 3. The van der Waals surface area contributed by atoms with Gasteiger partial charge in [0.1, 0.15) is 0 Å². The highest BCUT2D eigenvalue weighted by Gasteiger charge is 2.16. The molecule has 1 aliphatic rings. The third kappa shape index (κ3) is 2.96. The van der Waals surface area contributed by atoms with E-state index >= 15 is 0 Å². The predicted octanol–water partition coefficient (Wildman–Crippen LogP) is -0.788. The van der Waals surface area contributed by atoms with Crippen molar-refractivity contribution in [2.75, 3.05) is 42.6 Å². The van der Waals surface area contributed by atoms with Crippen LogP contribution in [0.3, 0.4) is 0 Å². The van der Waals surface area contributed by atoms with E-state index in [1.807, 2.05) is 0 Å². The molecule has 0 radical (unpaired) electrons. The highest BCUT2D eigenvalue weighted by atomic mass is 16.1. The summed E-state index contributed by atoms with van der Waals surface area (Å²) in [5.41, 5.74) is 5.64. The maximum atomic E-state index is 11.1. The Bertz CT molecular complexity index is 430. The van der Waals surface area contributed by atoms with Crippen molar-refractivity contribution in [2.45, 2.75) is 12.8 Å². The molecule has 1 aliphatic heterocycles. The summed E-state index contributed by atoms with van der Waals surface area (Å²) in [6.07, 6.45) is 2.26. The maximum Gasteiger partial charge on any atom is 0.239 e. The Labute approximate surface area is 105 Å². The quantitative estimate of drug-likeness (QED) is 0.643. The van der Waals surface area contributed by atoms with Gasteiger partial charge in [-0.1, -0.05) is 0 Å².